The fourth-order valence-electron chi connectivity index (χ4n) is 4.03. The largest absolute Gasteiger partial charge is 0.463 e. The van der Waals surface area contributed by atoms with Crippen molar-refractivity contribution in [2.24, 2.45) is 0 Å². The van der Waals surface area contributed by atoms with E-state index >= 15 is 0 Å². The van der Waals surface area contributed by atoms with Crippen molar-refractivity contribution >= 4 is 12.0 Å². The van der Waals surface area contributed by atoms with Gasteiger partial charge in [-0.3, -0.25) is 4.90 Å². The molecule has 0 bridgehead atoms. The Hall–Kier alpha value is -2.34. The van der Waals surface area contributed by atoms with Crippen LogP contribution in [0.25, 0.3) is 0 Å². The van der Waals surface area contributed by atoms with Gasteiger partial charge < -0.3 is 15.4 Å². The highest BCUT2D eigenvalue weighted by molar-refractivity contribution is 5.93. The molecule has 0 saturated heterocycles. The maximum Gasteiger partial charge on any atom is 0.337 e. The summed E-state index contributed by atoms with van der Waals surface area (Å²) in [5.41, 5.74) is 2.60. The summed E-state index contributed by atoms with van der Waals surface area (Å²) in [6, 6.07) is 10.9. The van der Waals surface area contributed by atoms with Gasteiger partial charge in [-0.25, -0.2) is 9.59 Å². The zero-order valence-electron chi connectivity index (χ0n) is 16.2. The van der Waals surface area contributed by atoms with Gasteiger partial charge in [0.1, 0.15) is 0 Å². The molecule has 1 aromatic carbocycles. The summed E-state index contributed by atoms with van der Waals surface area (Å²) >= 11 is 0. The molecule has 2 N–H and O–H groups in total. The number of nitrogens with one attached hydrogen (secondary N) is 2. The van der Waals surface area contributed by atoms with Crippen LogP contribution in [0.15, 0.2) is 41.6 Å². The van der Waals surface area contributed by atoms with E-state index < -0.39 is 0 Å². The van der Waals surface area contributed by atoms with E-state index in [1.165, 1.54) is 5.56 Å². The molecule has 0 radical (unpaired) electrons. The van der Waals surface area contributed by atoms with Crippen molar-refractivity contribution in [1.29, 1.82) is 0 Å². The maximum atomic E-state index is 12.2. The molecule has 1 aliphatic heterocycles. The number of rotatable bonds is 6. The third kappa shape index (κ3) is 4.89. The molecule has 1 saturated carbocycles. The first-order valence-corrected chi connectivity index (χ1v) is 9.77. The van der Waals surface area contributed by atoms with E-state index in [9.17, 15) is 9.59 Å². The van der Waals surface area contributed by atoms with Gasteiger partial charge in [0.25, 0.3) is 0 Å². The van der Waals surface area contributed by atoms with Crippen LogP contribution in [0.2, 0.25) is 0 Å². The van der Waals surface area contributed by atoms with Crippen LogP contribution in [0, 0.1) is 0 Å². The monoisotopic (exact) mass is 371 g/mol. The molecule has 6 nitrogen and oxygen atoms in total. The van der Waals surface area contributed by atoms with Crippen molar-refractivity contribution in [2.45, 2.75) is 44.6 Å². The molecule has 6 heteroatoms. The summed E-state index contributed by atoms with van der Waals surface area (Å²) in [5, 5.41) is 5.45. The van der Waals surface area contributed by atoms with E-state index in [4.69, 9.17) is 4.74 Å². The molecule has 1 fully saturated rings. The quantitative estimate of drug-likeness (QED) is 0.755. The van der Waals surface area contributed by atoms with Crippen LogP contribution >= 0.6 is 0 Å². The average Bonchev–Trinajstić information content (AvgIpc) is 2.69. The first-order valence-electron chi connectivity index (χ1n) is 9.77. The second kappa shape index (κ2) is 9.04. The molecule has 0 atom stereocenters. The van der Waals surface area contributed by atoms with Gasteiger partial charge in [0.05, 0.1) is 18.7 Å². The average molecular weight is 371 g/mol. The predicted octanol–water partition coefficient (Wildman–Crippen LogP) is 2.77. The Labute approximate surface area is 161 Å². The van der Waals surface area contributed by atoms with Crippen LogP contribution in [0.1, 0.15) is 44.1 Å². The number of carbonyl (C=O) groups excluding carboxylic acids is 2. The fraction of sp³-hybridized carbons (Fsp3) is 0.524. The van der Waals surface area contributed by atoms with Gasteiger partial charge >= 0.3 is 12.0 Å². The van der Waals surface area contributed by atoms with Crippen LogP contribution < -0.4 is 10.6 Å². The minimum atomic E-state index is -0.360. The molecule has 2 amide bonds. The lowest BCUT2D eigenvalue weighted by Crippen LogP contribution is -2.48. The summed E-state index contributed by atoms with van der Waals surface area (Å²) in [5.74, 6) is 0.268. The van der Waals surface area contributed by atoms with E-state index in [1.54, 1.807) is 6.92 Å². The van der Waals surface area contributed by atoms with E-state index in [2.05, 4.69) is 52.9 Å². The van der Waals surface area contributed by atoms with E-state index in [1.807, 2.05) is 0 Å². The number of likely N-dealkylation sites (N-methyl/N-ethyl adjacent to an activating group) is 1. The Kier molecular flexibility index (Phi) is 6.50. The van der Waals surface area contributed by atoms with Crippen LogP contribution in [0.5, 0.6) is 0 Å². The summed E-state index contributed by atoms with van der Waals surface area (Å²) in [7, 11) is 2.07. The van der Waals surface area contributed by atoms with Crippen molar-refractivity contribution in [3.8, 4) is 0 Å². The predicted molar refractivity (Wildman–Crippen MR) is 104 cm³/mol. The summed E-state index contributed by atoms with van der Waals surface area (Å²) in [6.07, 6.45) is 4.56. The smallest absolute Gasteiger partial charge is 0.337 e. The minimum Gasteiger partial charge on any atom is -0.463 e. The molecule has 0 unspecified atom stereocenters. The molecular formula is C21H29N3O3. The van der Waals surface area contributed by atoms with Crippen molar-refractivity contribution in [3.63, 3.8) is 0 Å². The standard InChI is InChI=1S/C21H29N3O3/c1-3-27-20(25)18-13-22-21(26)23-19(18)14-24(2)17-11-9-16(10-12-17)15-7-5-4-6-8-15/h4-8,16-17H,3,9-14H2,1-2H3,(H2,22,23,26). The van der Waals surface area contributed by atoms with Gasteiger partial charge in [-0.2, -0.15) is 0 Å². The lowest BCUT2D eigenvalue weighted by molar-refractivity contribution is -0.138. The highest BCUT2D eigenvalue weighted by Gasteiger charge is 2.28. The third-order valence-corrected chi connectivity index (χ3v) is 5.57. The highest BCUT2D eigenvalue weighted by Crippen LogP contribution is 2.34. The number of ether oxygens (including phenoxy) is 1. The maximum absolute atomic E-state index is 12.2. The number of benzene rings is 1. The van der Waals surface area contributed by atoms with E-state index in [0.29, 0.717) is 36.4 Å². The topological polar surface area (TPSA) is 70.7 Å². The van der Waals surface area contributed by atoms with Crippen molar-refractivity contribution in [2.75, 3.05) is 26.7 Å². The van der Waals surface area contributed by atoms with Crippen molar-refractivity contribution in [1.82, 2.24) is 15.5 Å². The normalized spacial score (nSPS) is 23.0. The number of hydrogen-bond acceptors (Lipinski definition) is 4. The van der Waals surface area contributed by atoms with Crippen LogP contribution in [-0.4, -0.2) is 49.7 Å². The Bertz CT molecular complexity index is 694. The summed E-state index contributed by atoms with van der Waals surface area (Å²) in [6.45, 7) is 2.87. The number of carbonyl (C=O) groups is 2. The van der Waals surface area contributed by atoms with Gasteiger partial charge in [-0.05, 0) is 51.1 Å². The lowest BCUT2D eigenvalue weighted by Gasteiger charge is -2.36. The zero-order valence-corrected chi connectivity index (χ0v) is 16.2. The Morgan fingerprint density at radius 3 is 2.56 bits per heavy atom. The van der Waals surface area contributed by atoms with Gasteiger partial charge in [-0.1, -0.05) is 30.3 Å². The minimum absolute atomic E-state index is 0.217. The first-order chi connectivity index (χ1) is 13.1. The van der Waals surface area contributed by atoms with Crippen LogP contribution in [0.3, 0.4) is 0 Å². The van der Waals surface area contributed by atoms with Gasteiger partial charge in [0, 0.05) is 18.3 Å². The molecule has 146 valence electrons. The van der Waals surface area contributed by atoms with E-state index in [-0.39, 0.29) is 18.5 Å². The molecule has 1 heterocycles. The first kappa shape index (κ1) is 19.4. The molecule has 27 heavy (non-hydrogen) atoms. The second-order valence-electron chi connectivity index (χ2n) is 7.32. The van der Waals surface area contributed by atoms with Crippen molar-refractivity contribution < 1.29 is 14.3 Å². The SMILES string of the molecule is CCOC(=O)C1=C(CN(C)C2CCC(c3ccccc3)CC2)NC(=O)NC1. The fourth-order valence-corrected chi connectivity index (χ4v) is 4.03. The summed E-state index contributed by atoms with van der Waals surface area (Å²) < 4.78 is 5.13. The Morgan fingerprint density at radius 2 is 1.89 bits per heavy atom. The molecule has 0 spiro atoms. The van der Waals surface area contributed by atoms with Gasteiger partial charge in [0.15, 0.2) is 0 Å². The number of esters is 1. The van der Waals surface area contributed by atoms with Crippen LogP contribution in [-0.2, 0) is 9.53 Å². The zero-order chi connectivity index (χ0) is 19.2. The molecule has 1 aliphatic carbocycles. The summed E-state index contributed by atoms with van der Waals surface area (Å²) in [4.78, 5) is 26.2. The van der Waals surface area contributed by atoms with Crippen LogP contribution in [0.4, 0.5) is 4.79 Å². The second-order valence-corrected chi connectivity index (χ2v) is 7.32. The highest BCUT2D eigenvalue weighted by atomic mass is 16.5. The Morgan fingerprint density at radius 1 is 1.19 bits per heavy atom. The molecule has 2 aliphatic rings. The molecular weight excluding hydrogens is 342 g/mol. The number of amides is 2. The third-order valence-electron chi connectivity index (χ3n) is 5.57. The molecule has 0 aromatic heterocycles. The Balaban J connectivity index is 1.61. The number of nitrogens with zero attached hydrogens (tertiary/aromatic N) is 1. The number of urea groups is 1. The lowest BCUT2D eigenvalue weighted by atomic mass is 9.81. The molecule has 1 aromatic rings. The van der Waals surface area contributed by atoms with Gasteiger partial charge in [-0.15, -0.1) is 0 Å². The number of hydrogen-bond donors (Lipinski definition) is 2. The molecule has 3 rings (SSSR count). The van der Waals surface area contributed by atoms with Gasteiger partial charge in [0.2, 0.25) is 0 Å². The van der Waals surface area contributed by atoms with Crippen molar-refractivity contribution in [3.05, 3.63) is 47.2 Å². The van der Waals surface area contributed by atoms with E-state index in [0.717, 1.165) is 25.7 Å².